The number of hydrogen-bond donors (Lipinski definition) is 1. The zero-order valence-corrected chi connectivity index (χ0v) is 15.5. The Bertz CT molecular complexity index is 908. The van der Waals surface area contributed by atoms with Gasteiger partial charge in [-0.05, 0) is 12.1 Å². The minimum Gasteiger partial charge on any atom is -0.377 e. The van der Waals surface area contributed by atoms with Crippen molar-refractivity contribution in [2.45, 2.75) is 18.9 Å². The van der Waals surface area contributed by atoms with Gasteiger partial charge in [0.1, 0.15) is 0 Å². The third-order valence-corrected chi connectivity index (χ3v) is 5.27. The minimum absolute atomic E-state index is 0.0263. The highest BCUT2D eigenvalue weighted by molar-refractivity contribution is 7.15. The van der Waals surface area contributed by atoms with Gasteiger partial charge in [-0.2, -0.15) is 0 Å². The molecule has 1 atom stereocenters. The van der Waals surface area contributed by atoms with Crippen molar-refractivity contribution in [3.8, 4) is 0 Å². The Hall–Kier alpha value is -2.71. The monoisotopic (exact) mass is 384 g/mol. The number of para-hydroxylation sites is 1. The molecule has 2 amide bonds. The molecule has 2 aromatic heterocycles. The van der Waals surface area contributed by atoms with Gasteiger partial charge in [0, 0.05) is 36.4 Å². The lowest BCUT2D eigenvalue weighted by Crippen LogP contribution is -2.50. The van der Waals surface area contributed by atoms with E-state index in [1.54, 1.807) is 4.90 Å². The Morgan fingerprint density at radius 3 is 2.96 bits per heavy atom. The standard InChI is InChI=1S/C19H20N4O3S/c24-17(20-14-4-2-1-3-5-14)11-16-13-26-8-6-23(16)18(25)10-15-12-22-7-9-27-19(22)21-15/h1-5,7,9,12,16H,6,8,10-11,13H2,(H,20,24)/t16-/m1/s1. The largest absolute Gasteiger partial charge is 0.377 e. The van der Waals surface area contributed by atoms with E-state index in [0.29, 0.717) is 19.8 Å². The molecule has 8 heteroatoms. The van der Waals surface area contributed by atoms with Crippen molar-refractivity contribution in [3.05, 3.63) is 53.8 Å². The van der Waals surface area contributed by atoms with Crippen molar-refractivity contribution in [2.75, 3.05) is 25.1 Å². The molecule has 3 aromatic rings. The number of fused-ring (bicyclic) bond motifs is 1. The smallest absolute Gasteiger partial charge is 0.229 e. The zero-order chi connectivity index (χ0) is 18.6. The van der Waals surface area contributed by atoms with Crippen LogP contribution in [0.3, 0.4) is 0 Å². The first kappa shape index (κ1) is 17.7. The van der Waals surface area contributed by atoms with Crippen LogP contribution in [0, 0.1) is 0 Å². The maximum Gasteiger partial charge on any atom is 0.229 e. The van der Waals surface area contributed by atoms with Crippen LogP contribution in [-0.4, -0.2) is 51.9 Å². The topological polar surface area (TPSA) is 75.9 Å². The van der Waals surface area contributed by atoms with Gasteiger partial charge in [-0.15, -0.1) is 11.3 Å². The molecule has 4 rings (SSSR count). The number of anilines is 1. The molecule has 1 aliphatic heterocycles. The van der Waals surface area contributed by atoms with E-state index in [9.17, 15) is 9.59 Å². The molecule has 0 unspecified atom stereocenters. The van der Waals surface area contributed by atoms with Gasteiger partial charge in [0.2, 0.25) is 11.8 Å². The highest BCUT2D eigenvalue weighted by Crippen LogP contribution is 2.16. The van der Waals surface area contributed by atoms with Crippen LogP contribution in [0.1, 0.15) is 12.1 Å². The van der Waals surface area contributed by atoms with Gasteiger partial charge in [-0.25, -0.2) is 4.98 Å². The van der Waals surface area contributed by atoms with Crippen molar-refractivity contribution in [2.24, 2.45) is 0 Å². The molecule has 0 bridgehead atoms. The van der Waals surface area contributed by atoms with E-state index in [-0.39, 0.29) is 30.7 Å². The van der Waals surface area contributed by atoms with Crippen molar-refractivity contribution in [3.63, 3.8) is 0 Å². The molecule has 27 heavy (non-hydrogen) atoms. The van der Waals surface area contributed by atoms with E-state index in [4.69, 9.17) is 4.74 Å². The van der Waals surface area contributed by atoms with E-state index in [1.807, 2.05) is 52.5 Å². The number of nitrogens with one attached hydrogen (secondary N) is 1. The molecule has 0 aliphatic carbocycles. The lowest BCUT2D eigenvalue weighted by atomic mass is 10.1. The van der Waals surface area contributed by atoms with Crippen LogP contribution in [0.15, 0.2) is 48.1 Å². The number of nitrogens with zero attached hydrogens (tertiary/aromatic N) is 3. The molecular formula is C19H20N4O3S. The Kier molecular flexibility index (Phi) is 5.17. The third kappa shape index (κ3) is 4.17. The second-order valence-corrected chi connectivity index (χ2v) is 7.31. The third-order valence-electron chi connectivity index (χ3n) is 4.50. The first-order valence-electron chi connectivity index (χ1n) is 8.82. The summed E-state index contributed by atoms with van der Waals surface area (Å²) in [5.74, 6) is -0.154. The van der Waals surface area contributed by atoms with Crippen molar-refractivity contribution >= 4 is 33.8 Å². The van der Waals surface area contributed by atoms with Crippen LogP contribution in [0.2, 0.25) is 0 Å². The van der Waals surface area contributed by atoms with Crippen molar-refractivity contribution < 1.29 is 14.3 Å². The summed E-state index contributed by atoms with van der Waals surface area (Å²) in [6.45, 7) is 1.34. The number of carbonyl (C=O) groups excluding carboxylic acids is 2. The number of aromatic nitrogens is 2. The van der Waals surface area contributed by atoms with Gasteiger partial charge >= 0.3 is 0 Å². The van der Waals surface area contributed by atoms with E-state index >= 15 is 0 Å². The quantitative estimate of drug-likeness (QED) is 0.732. The molecule has 7 nitrogen and oxygen atoms in total. The number of imidazole rings is 1. The first-order valence-corrected chi connectivity index (χ1v) is 9.70. The predicted octanol–water partition coefficient (Wildman–Crippen LogP) is 2.19. The fourth-order valence-electron chi connectivity index (χ4n) is 3.22. The molecule has 1 aromatic carbocycles. The van der Waals surface area contributed by atoms with Crippen LogP contribution in [0.5, 0.6) is 0 Å². The number of thiazole rings is 1. The lowest BCUT2D eigenvalue weighted by Gasteiger charge is -2.35. The number of ether oxygens (including phenoxy) is 1. The van der Waals surface area contributed by atoms with E-state index in [1.165, 1.54) is 11.3 Å². The fraction of sp³-hybridized carbons (Fsp3) is 0.316. The van der Waals surface area contributed by atoms with Gasteiger partial charge in [0.05, 0.1) is 31.4 Å². The molecule has 140 valence electrons. The molecule has 1 aliphatic rings. The van der Waals surface area contributed by atoms with Gasteiger partial charge < -0.3 is 15.0 Å². The maximum absolute atomic E-state index is 12.8. The first-order chi connectivity index (χ1) is 13.2. The second-order valence-electron chi connectivity index (χ2n) is 6.44. The molecule has 3 heterocycles. The molecule has 0 radical (unpaired) electrons. The van der Waals surface area contributed by atoms with Gasteiger partial charge in [-0.3, -0.25) is 14.0 Å². The SMILES string of the molecule is O=C(C[C@@H]1COCCN1C(=O)Cc1cn2ccsc2n1)Nc1ccccc1. The average Bonchev–Trinajstić information content (AvgIpc) is 3.24. The van der Waals surface area contributed by atoms with E-state index < -0.39 is 0 Å². The number of benzene rings is 1. The predicted molar refractivity (Wildman–Crippen MR) is 103 cm³/mol. The molecule has 1 saturated heterocycles. The summed E-state index contributed by atoms with van der Waals surface area (Å²) in [5, 5.41) is 4.82. The van der Waals surface area contributed by atoms with Crippen molar-refractivity contribution in [1.29, 1.82) is 0 Å². The van der Waals surface area contributed by atoms with Crippen LogP contribution in [0.4, 0.5) is 5.69 Å². The Labute approximate surface area is 160 Å². The second kappa shape index (κ2) is 7.89. The van der Waals surface area contributed by atoms with E-state index in [2.05, 4.69) is 10.3 Å². The summed E-state index contributed by atoms with van der Waals surface area (Å²) in [6.07, 6.45) is 4.23. The number of morpholine rings is 1. The minimum atomic E-state index is -0.265. The summed E-state index contributed by atoms with van der Waals surface area (Å²) in [7, 11) is 0. The molecule has 1 fully saturated rings. The summed E-state index contributed by atoms with van der Waals surface area (Å²) in [4.78, 5) is 32.3. The zero-order valence-electron chi connectivity index (χ0n) is 14.7. The summed E-state index contributed by atoms with van der Waals surface area (Å²) < 4.78 is 7.42. The number of carbonyl (C=O) groups is 2. The Balaban J connectivity index is 1.39. The fourth-order valence-corrected chi connectivity index (χ4v) is 3.94. The maximum atomic E-state index is 12.8. The van der Waals surface area contributed by atoms with Gasteiger partial charge in [0.15, 0.2) is 4.96 Å². The number of hydrogen-bond acceptors (Lipinski definition) is 5. The van der Waals surface area contributed by atoms with Crippen LogP contribution >= 0.6 is 11.3 Å². The summed E-state index contributed by atoms with van der Waals surface area (Å²) in [5.41, 5.74) is 1.49. The molecular weight excluding hydrogens is 364 g/mol. The van der Waals surface area contributed by atoms with Crippen LogP contribution in [-0.2, 0) is 20.7 Å². The summed E-state index contributed by atoms with van der Waals surface area (Å²) >= 11 is 1.53. The average molecular weight is 384 g/mol. The molecule has 0 spiro atoms. The highest BCUT2D eigenvalue weighted by atomic mass is 32.1. The van der Waals surface area contributed by atoms with E-state index in [0.717, 1.165) is 16.3 Å². The Morgan fingerprint density at radius 1 is 1.30 bits per heavy atom. The highest BCUT2D eigenvalue weighted by Gasteiger charge is 2.29. The van der Waals surface area contributed by atoms with Crippen LogP contribution in [0.25, 0.3) is 4.96 Å². The van der Waals surface area contributed by atoms with Crippen LogP contribution < -0.4 is 5.32 Å². The number of amides is 2. The molecule has 0 saturated carbocycles. The summed E-state index contributed by atoms with van der Waals surface area (Å²) in [6, 6.07) is 9.03. The Morgan fingerprint density at radius 2 is 2.15 bits per heavy atom. The number of rotatable bonds is 5. The van der Waals surface area contributed by atoms with Gasteiger partial charge in [0.25, 0.3) is 0 Å². The normalized spacial score (nSPS) is 17.2. The lowest BCUT2D eigenvalue weighted by molar-refractivity contribution is -0.140. The van der Waals surface area contributed by atoms with Gasteiger partial charge in [-0.1, -0.05) is 18.2 Å². The molecule has 1 N–H and O–H groups in total. The van der Waals surface area contributed by atoms with Crippen molar-refractivity contribution in [1.82, 2.24) is 14.3 Å².